The Labute approximate surface area is 145 Å². The molecule has 3 nitrogen and oxygen atoms in total. The van der Waals surface area contributed by atoms with Crippen molar-refractivity contribution in [2.24, 2.45) is 0 Å². The number of nitrogens with two attached hydrogens (primary N) is 1. The summed E-state index contributed by atoms with van der Waals surface area (Å²) in [6.07, 6.45) is 0. The van der Waals surface area contributed by atoms with Gasteiger partial charge in [0, 0.05) is 16.9 Å². The minimum Gasteiger partial charge on any atom is -0.399 e. The van der Waals surface area contributed by atoms with Crippen LogP contribution in [0.3, 0.4) is 0 Å². The van der Waals surface area contributed by atoms with Crippen molar-refractivity contribution in [3.63, 3.8) is 0 Å². The molecule has 0 aliphatic rings. The molecule has 0 fully saturated rings. The highest BCUT2D eigenvalue weighted by atomic mass is 16.1. The number of nitrogen functional groups attached to an aromatic ring is 1. The minimum absolute atomic E-state index is 0.0204. The first-order valence-electron chi connectivity index (χ1n) is 8.30. The van der Waals surface area contributed by atoms with Crippen LogP contribution in [-0.2, 0) is 10.8 Å². The highest BCUT2D eigenvalue weighted by Gasteiger charge is 2.22. The third-order valence-corrected chi connectivity index (χ3v) is 4.07. The Balaban J connectivity index is 2.43. The Kier molecular flexibility index (Phi) is 4.75. The van der Waals surface area contributed by atoms with Crippen LogP contribution in [0.5, 0.6) is 0 Å². The second kappa shape index (κ2) is 6.31. The van der Waals surface area contributed by atoms with Crippen LogP contribution in [0.25, 0.3) is 0 Å². The molecule has 2 aromatic rings. The number of rotatable bonds is 2. The van der Waals surface area contributed by atoms with Crippen LogP contribution in [0.1, 0.15) is 63.0 Å². The van der Waals surface area contributed by atoms with Gasteiger partial charge < -0.3 is 11.1 Å². The quantitative estimate of drug-likeness (QED) is 0.754. The molecule has 128 valence electrons. The number of benzene rings is 2. The van der Waals surface area contributed by atoms with E-state index in [9.17, 15) is 4.79 Å². The van der Waals surface area contributed by atoms with Crippen LogP contribution < -0.4 is 11.1 Å². The first kappa shape index (κ1) is 18.1. The summed E-state index contributed by atoms with van der Waals surface area (Å²) in [6, 6.07) is 13.4. The van der Waals surface area contributed by atoms with E-state index in [1.54, 1.807) is 12.1 Å². The van der Waals surface area contributed by atoms with Gasteiger partial charge >= 0.3 is 0 Å². The SMILES string of the molecule is CC(C)(C)c1cc(C(=O)Nc2cccc(N)c2)cc(C(C)(C)C)c1. The van der Waals surface area contributed by atoms with Gasteiger partial charge in [-0.2, -0.15) is 0 Å². The Morgan fingerprint density at radius 2 is 1.42 bits per heavy atom. The third kappa shape index (κ3) is 4.38. The Morgan fingerprint density at radius 3 is 1.88 bits per heavy atom. The van der Waals surface area contributed by atoms with Gasteiger partial charge in [0.25, 0.3) is 5.91 Å². The Bertz CT molecular complexity index is 717. The third-order valence-electron chi connectivity index (χ3n) is 4.07. The lowest BCUT2D eigenvalue weighted by Crippen LogP contribution is -2.20. The van der Waals surface area contributed by atoms with E-state index in [0.29, 0.717) is 16.9 Å². The van der Waals surface area contributed by atoms with Gasteiger partial charge in [0.05, 0.1) is 0 Å². The van der Waals surface area contributed by atoms with Crippen molar-refractivity contribution in [3.8, 4) is 0 Å². The molecule has 0 saturated heterocycles. The zero-order valence-corrected chi connectivity index (χ0v) is 15.5. The van der Waals surface area contributed by atoms with Crippen molar-refractivity contribution in [1.29, 1.82) is 0 Å². The van der Waals surface area contributed by atoms with Crippen LogP contribution in [0.4, 0.5) is 11.4 Å². The first-order chi connectivity index (χ1) is 11.0. The van der Waals surface area contributed by atoms with Crippen molar-refractivity contribution in [3.05, 3.63) is 59.2 Å². The van der Waals surface area contributed by atoms with Gasteiger partial charge in [0.2, 0.25) is 0 Å². The fourth-order valence-electron chi connectivity index (χ4n) is 2.44. The molecular weight excluding hydrogens is 296 g/mol. The lowest BCUT2D eigenvalue weighted by atomic mass is 9.79. The van der Waals surface area contributed by atoms with Gasteiger partial charge in [-0.15, -0.1) is 0 Å². The molecule has 0 radical (unpaired) electrons. The maximum Gasteiger partial charge on any atom is 0.255 e. The molecule has 0 aliphatic heterocycles. The van der Waals surface area contributed by atoms with E-state index in [2.05, 4.69) is 52.9 Å². The molecule has 1 amide bonds. The number of hydrogen-bond acceptors (Lipinski definition) is 2. The second-order valence-electron chi connectivity index (χ2n) is 8.38. The van der Waals surface area contributed by atoms with Gasteiger partial charge in [0.15, 0.2) is 0 Å². The van der Waals surface area contributed by atoms with E-state index in [1.165, 1.54) is 0 Å². The van der Waals surface area contributed by atoms with Crippen molar-refractivity contribution in [2.75, 3.05) is 11.1 Å². The summed E-state index contributed by atoms with van der Waals surface area (Å²) in [6.45, 7) is 13.0. The van der Waals surface area contributed by atoms with Gasteiger partial charge in [-0.25, -0.2) is 0 Å². The van der Waals surface area contributed by atoms with Gasteiger partial charge in [-0.05, 0) is 52.3 Å². The van der Waals surface area contributed by atoms with Crippen LogP contribution in [0.15, 0.2) is 42.5 Å². The van der Waals surface area contributed by atoms with Crippen molar-refractivity contribution < 1.29 is 4.79 Å². The van der Waals surface area contributed by atoms with E-state index in [4.69, 9.17) is 5.73 Å². The highest BCUT2D eigenvalue weighted by Crippen LogP contribution is 2.30. The number of nitrogens with one attached hydrogen (secondary N) is 1. The van der Waals surface area contributed by atoms with Crippen LogP contribution >= 0.6 is 0 Å². The first-order valence-corrected chi connectivity index (χ1v) is 8.30. The number of carbonyl (C=O) groups is 1. The molecule has 0 aromatic heterocycles. The summed E-state index contributed by atoms with van der Waals surface area (Å²) in [5, 5.41) is 2.94. The normalized spacial score (nSPS) is 12.1. The number of amides is 1. The van der Waals surface area contributed by atoms with E-state index < -0.39 is 0 Å². The molecule has 3 heteroatoms. The van der Waals surface area contributed by atoms with E-state index in [0.717, 1.165) is 11.1 Å². The summed E-state index contributed by atoms with van der Waals surface area (Å²) in [4.78, 5) is 12.7. The molecule has 0 atom stereocenters. The van der Waals surface area contributed by atoms with Crippen molar-refractivity contribution in [2.45, 2.75) is 52.4 Å². The maximum absolute atomic E-state index is 12.7. The molecular formula is C21H28N2O. The summed E-state index contributed by atoms with van der Waals surface area (Å²) < 4.78 is 0. The summed E-state index contributed by atoms with van der Waals surface area (Å²) in [5.41, 5.74) is 10.1. The molecule has 0 bridgehead atoms. The van der Waals surface area contributed by atoms with Crippen LogP contribution in [0, 0.1) is 0 Å². The second-order valence-corrected chi connectivity index (χ2v) is 8.38. The topological polar surface area (TPSA) is 55.1 Å². The predicted molar refractivity (Wildman–Crippen MR) is 103 cm³/mol. The molecule has 3 N–H and O–H groups in total. The van der Waals surface area contributed by atoms with Gasteiger partial charge in [-0.1, -0.05) is 53.7 Å². The Hall–Kier alpha value is -2.29. The fourth-order valence-corrected chi connectivity index (χ4v) is 2.44. The van der Waals surface area contributed by atoms with E-state index in [1.807, 2.05) is 24.3 Å². The lowest BCUT2D eigenvalue weighted by molar-refractivity contribution is 0.102. The monoisotopic (exact) mass is 324 g/mol. The average molecular weight is 324 g/mol. The number of anilines is 2. The number of hydrogen-bond donors (Lipinski definition) is 2. The number of carbonyl (C=O) groups excluding carboxylic acids is 1. The molecule has 0 heterocycles. The standard InChI is InChI=1S/C21H28N2O/c1-20(2,3)15-10-14(11-16(12-15)21(4,5)6)19(24)23-18-9-7-8-17(22)13-18/h7-13H,22H2,1-6H3,(H,23,24). The smallest absolute Gasteiger partial charge is 0.255 e. The minimum atomic E-state index is -0.114. The zero-order chi connectivity index (χ0) is 18.1. The van der Waals surface area contributed by atoms with Crippen LogP contribution in [-0.4, -0.2) is 5.91 Å². The molecule has 24 heavy (non-hydrogen) atoms. The van der Waals surface area contributed by atoms with Gasteiger partial charge in [0.1, 0.15) is 0 Å². The van der Waals surface area contributed by atoms with Crippen molar-refractivity contribution >= 4 is 17.3 Å². The summed E-state index contributed by atoms with van der Waals surface area (Å²) in [7, 11) is 0. The fraction of sp³-hybridized carbons (Fsp3) is 0.381. The van der Waals surface area contributed by atoms with Crippen LogP contribution in [0.2, 0.25) is 0 Å². The highest BCUT2D eigenvalue weighted by molar-refractivity contribution is 6.04. The molecule has 0 spiro atoms. The van der Waals surface area contributed by atoms with Gasteiger partial charge in [-0.3, -0.25) is 4.79 Å². The van der Waals surface area contributed by atoms with E-state index >= 15 is 0 Å². The average Bonchev–Trinajstić information content (AvgIpc) is 2.45. The van der Waals surface area contributed by atoms with E-state index in [-0.39, 0.29) is 16.7 Å². The Morgan fingerprint density at radius 1 is 0.875 bits per heavy atom. The largest absolute Gasteiger partial charge is 0.399 e. The predicted octanol–water partition coefficient (Wildman–Crippen LogP) is 5.12. The maximum atomic E-state index is 12.7. The summed E-state index contributed by atoms with van der Waals surface area (Å²) >= 11 is 0. The molecule has 0 saturated carbocycles. The molecule has 0 aliphatic carbocycles. The molecule has 0 unspecified atom stereocenters. The summed E-state index contributed by atoms with van der Waals surface area (Å²) in [5.74, 6) is -0.114. The lowest BCUT2D eigenvalue weighted by Gasteiger charge is -2.26. The molecule has 2 aromatic carbocycles. The molecule has 2 rings (SSSR count). The zero-order valence-electron chi connectivity index (χ0n) is 15.5. The van der Waals surface area contributed by atoms with Crippen molar-refractivity contribution in [1.82, 2.24) is 0 Å².